The first kappa shape index (κ1) is 28.1. The highest BCUT2D eigenvalue weighted by Gasteiger charge is 2.36. The van der Waals surface area contributed by atoms with E-state index in [2.05, 4.69) is 6.07 Å². The van der Waals surface area contributed by atoms with Crippen LogP contribution in [0.25, 0.3) is 0 Å². The third-order valence-electron chi connectivity index (χ3n) is 6.07. The summed E-state index contributed by atoms with van der Waals surface area (Å²) in [6, 6.07) is 6.10. The van der Waals surface area contributed by atoms with Crippen LogP contribution in [0.1, 0.15) is 58.1 Å². The maximum absolute atomic E-state index is 13.5. The van der Waals surface area contributed by atoms with E-state index in [1.807, 2.05) is 63.2 Å². The van der Waals surface area contributed by atoms with Gasteiger partial charge < -0.3 is 14.2 Å². The number of aryl methyl sites for hydroxylation is 1. The number of amides is 1. The summed E-state index contributed by atoms with van der Waals surface area (Å²) < 4.78 is 32.0. The number of anilines is 1. The van der Waals surface area contributed by atoms with Crippen molar-refractivity contribution >= 4 is 22.8 Å². The molecule has 190 valence electrons. The lowest BCUT2D eigenvalue weighted by Crippen LogP contribution is -2.50. The maximum Gasteiger partial charge on any atom is 0.414 e. The number of carbonyl (C=O) groups excluding carboxylic acids is 1. The molecule has 0 bridgehead atoms. The normalized spacial score (nSPS) is 19.5. The van der Waals surface area contributed by atoms with Crippen molar-refractivity contribution < 1.29 is 23.2 Å². The zero-order valence-electron chi connectivity index (χ0n) is 21.6. The Balaban J connectivity index is 0.00000199. The lowest BCUT2D eigenvalue weighted by molar-refractivity contribution is 0.133. The number of nitrogens with zero attached hydrogens (tertiary/aromatic N) is 2. The molecular weight excluding hydrogens is 452 g/mol. The number of benzene rings is 1. The summed E-state index contributed by atoms with van der Waals surface area (Å²) in [6.45, 7) is 11.3. The highest BCUT2D eigenvalue weighted by molar-refractivity contribution is 7.86. The molecule has 0 saturated carbocycles. The van der Waals surface area contributed by atoms with Crippen LogP contribution >= 0.6 is 0 Å². The first-order chi connectivity index (χ1) is 16.4. The number of piperidine rings is 1. The molecule has 34 heavy (non-hydrogen) atoms. The van der Waals surface area contributed by atoms with Gasteiger partial charge in [-0.25, -0.2) is 13.3 Å². The Morgan fingerprint density at radius 2 is 1.94 bits per heavy atom. The Kier molecular flexibility index (Phi) is 11.3. The fourth-order valence-electron chi connectivity index (χ4n) is 4.26. The number of methoxy groups -OCH3 is 2. The molecule has 2 heterocycles. The summed E-state index contributed by atoms with van der Waals surface area (Å²) in [6.07, 6.45) is 5.37. The van der Waals surface area contributed by atoms with Crippen LogP contribution in [0.15, 0.2) is 41.0 Å². The third-order valence-corrected chi connectivity index (χ3v) is 7.83. The van der Waals surface area contributed by atoms with Gasteiger partial charge in [-0.15, -0.1) is 0 Å². The van der Waals surface area contributed by atoms with Crippen molar-refractivity contribution in [3.05, 3.63) is 52.1 Å². The van der Waals surface area contributed by atoms with Crippen LogP contribution in [0.2, 0.25) is 0 Å². The predicted octanol–water partition coefficient (Wildman–Crippen LogP) is 5.47. The van der Waals surface area contributed by atoms with Gasteiger partial charge >= 0.3 is 6.09 Å². The minimum absolute atomic E-state index is 0.00899. The Morgan fingerprint density at radius 1 is 1.26 bits per heavy atom. The molecule has 3 rings (SSSR count). The fourth-order valence-corrected chi connectivity index (χ4v) is 5.82. The molecule has 1 aromatic rings. The first-order valence-electron chi connectivity index (χ1n) is 12.0. The van der Waals surface area contributed by atoms with Gasteiger partial charge in [-0.3, -0.25) is 4.90 Å². The molecule has 1 aromatic carbocycles. The molecule has 2 atom stereocenters. The van der Waals surface area contributed by atoms with Gasteiger partial charge in [-0.1, -0.05) is 43.7 Å². The molecule has 0 radical (unpaired) electrons. The molecule has 0 aromatic heterocycles. The zero-order chi connectivity index (χ0) is 25.3. The molecule has 2 unspecified atom stereocenters. The van der Waals surface area contributed by atoms with Crippen molar-refractivity contribution in [3.63, 3.8) is 0 Å². The first-order valence-corrected chi connectivity index (χ1v) is 13.1. The van der Waals surface area contributed by atoms with E-state index in [4.69, 9.17) is 14.2 Å². The van der Waals surface area contributed by atoms with Crippen molar-refractivity contribution in [1.82, 2.24) is 4.31 Å². The van der Waals surface area contributed by atoms with Gasteiger partial charge in [0.05, 0.1) is 23.8 Å². The van der Waals surface area contributed by atoms with Crippen LogP contribution in [0.3, 0.4) is 0 Å². The molecule has 0 spiro atoms. The Labute approximate surface area is 207 Å². The molecule has 2 aliphatic rings. The number of fused-ring (bicyclic) bond motifs is 1. The molecule has 0 N–H and O–H groups in total. The highest BCUT2D eigenvalue weighted by Crippen LogP contribution is 2.33. The maximum atomic E-state index is 13.5. The van der Waals surface area contributed by atoms with E-state index in [0.717, 1.165) is 16.8 Å². The number of ether oxygens (including phenoxy) is 3. The van der Waals surface area contributed by atoms with E-state index in [-0.39, 0.29) is 18.2 Å². The molecular formula is C26H40N2O5S. The van der Waals surface area contributed by atoms with Crippen LogP contribution in [0.5, 0.6) is 0 Å². The Morgan fingerprint density at radius 3 is 2.53 bits per heavy atom. The summed E-state index contributed by atoms with van der Waals surface area (Å²) >= 11 is 0. The number of carbonyl (C=O) groups is 1. The SMILES string of the molecule is C/C=C\CC(OC)/C(=C(\C)OC)S(=O)N1CCC(N2C(=O)OCc3cc(C)ccc32)CC1.CC. The Bertz CT molecular complexity index is 906. The van der Waals surface area contributed by atoms with E-state index in [0.29, 0.717) is 49.6 Å². The van der Waals surface area contributed by atoms with E-state index < -0.39 is 11.0 Å². The number of hydrogen-bond acceptors (Lipinski definition) is 5. The number of hydrogen-bond donors (Lipinski definition) is 0. The smallest absolute Gasteiger partial charge is 0.414 e. The second-order valence-electron chi connectivity index (χ2n) is 8.12. The van der Waals surface area contributed by atoms with E-state index in [9.17, 15) is 9.00 Å². The molecule has 7 nitrogen and oxygen atoms in total. The fraction of sp³-hybridized carbons (Fsp3) is 0.577. The minimum Gasteiger partial charge on any atom is -0.500 e. The Hall–Kier alpha value is -2.16. The predicted molar refractivity (Wildman–Crippen MR) is 138 cm³/mol. The van der Waals surface area contributed by atoms with Gasteiger partial charge in [0, 0.05) is 31.8 Å². The molecule has 8 heteroatoms. The van der Waals surface area contributed by atoms with Crippen molar-refractivity contribution in [2.24, 2.45) is 0 Å². The van der Waals surface area contributed by atoms with E-state index >= 15 is 0 Å². The number of allylic oxidation sites excluding steroid dienone is 2. The molecule has 0 aliphatic carbocycles. The zero-order valence-corrected chi connectivity index (χ0v) is 22.4. The van der Waals surface area contributed by atoms with Crippen LogP contribution < -0.4 is 4.90 Å². The van der Waals surface area contributed by atoms with E-state index in [1.165, 1.54) is 0 Å². The van der Waals surface area contributed by atoms with Crippen LogP contribution in [-0.4, -0.2) is 54.1 Å². The molecule has 1 saturated heterocycles. The summed E-state index contributed by atoms with van der Waals surface area (Å²) in [5.74, 6) is 0.616. The van der Waals surface area contributed by atoms with Crippen LogP contribution in [0.4, 0.5) is 10.5 Å². The molecule has 1 amide bonds. The monoisotopic (exact) mass is 492 g/mol. The molecule has 2 aliphatic heterocycles. The van der Waals surface area contributed by atoms with Gasteiger partial charge in [0.25, 0.3) is 0 Å². The summed E-state index contributed by atoms with van der Waals surface area (Å²) in [5, 5.41) is 0. The highest BCUT2D eigenvalue weighted by atomic mass is 32.2. The third kappa shape index (κ3) is 6.49. The van der Waals surface area contributed by atoms with Gasteiger partial charge in [-0.05, 0) is 46.1 Å². The lowest BCUT2D eigenvalue weighted by Gasteiger charge is -2.40. The topological polar surface area (TPSA) is 68.3 Å². The van der Waals surface area contributed by atoms with Gasteiger partial charge in [-0.2, -0.15) is 0 Å². The van der Waals surface area contributed by atoms with Crippen LogP contribution in [-0.2, 0) is 31.8 Å². The van der Waals surface area contributed by atoms with Crippen molar-refractivity contribution in [3.8, 4) is 0 Å². The second kappa shape index (κ2) is 13.7. The number of rotatable bonds is 8. The molecule has 1 fully saturated rings. The van der Waals surface area contributed by atoms with Crippen molar-refractivity contribution in [1.29, 1.82) is 0 Å². The van der Waals surface area contributed by atoms with Gasteiger partial charge in [0.2, 0.25) is 0 Å². The minimum atomic E-state index is -1.39. The number of cyclic esters (lactones) is 1. The van der Waals surface area contributed by atoms with E-state index in [1.54, 1.807) is 19.1 Å². The summed E-state index contributed by atoms with van der Waals surface area (Å²) in [5.41, 5.74) is 3.10. The van der Waals surface area contributed by atoms with Crippen LogP contribution in [0, 0.1) is 6.92 Å². The van der Waals surface area contributed by atoms with Crippen molar-refractivity contribution in [2.45, 2.75) is 72.6 Å². The van der Waals surface area contributed by atoms with Crippen molar-refractivity contribution in [2.75, 3.05) is 32.2 Å². The van der Waals surface area contributed by atoms with Gasteiger partial charge in [0.1, 0.15) is 23.4 Å². The average Bonchev–Trinajstić information content (AvgIpc) is 2.87. The largest absolute Gasteiger partial charge is 0.500 e. The second-order valence-corrected chi connectivity index (χ2v) is 9.57. The standard InChI is InChI=1S/C24H34N2O5S.C2H6/c1-6-7-8-22(30-5)23(18(3)29-4)32(28)25-13-11-20(12-14-25)26-21-10-9-17(2)15-19(21)16-31-24(26)27;1-2/h6-7,9-10,15,20,22H,8,11-14,16H2,1-5H3;1-2H3/b7-6-,23-18-;. The van der Waals surface area contributed by atoms with Gasteiger partial charge in [0.15, 0.2) is 0 Å². The summed E-state index contributed by atoms with van der Waals surface area (Å²) in [4.78, 5) is 15.0. The average molecular weight is 493 g/mol. The summed E-state index contributed by atoms with van der Waals surface area (Å²) in [7, 11) is 1.82. The quantitative estimate of drug-likeness (QED) is 0.356. The lowest BCUT2D eigenvalue weighted by atomic mass is 10.0.